The highest BCUT2D eigenvalue weighted by atomic mass is 16.6. The molecule has 1 aromatic heterocycles. The Hall–Kier alpha value is -5.18. The number of hydrogen-bond donors (Lipinski definition) is 1. The summed E-state index contributed by atoms with van der Waals surface area (Å²) in [6, 6.07) is 15.5. The van der Waals surface area contributed by atoms with Crippen molar-refractivity contribution in [3.63, 3.8) is 0 Å². The summed E-state index contributed by atoms with van der Waals surface area (Å²) in [4.78, 5) is 44.2. The number of aromatic nitrogens is 2. The van der Waals surface area contributed by atoms with Crippen molar-refractivity contribution in [2.45, 2.75) is 46.9 Å². The third kappa shape index (κ3) is 7.67. The number of guanidine groups is 1. The molecule has 0 unspecified atom stereocenters. The molecule has 0 aliphatic carbocycles. The van der Waals surface area contributed by atoms with Crippen LogP contribution in [0.25, 0.3) is 0 Å². The van der Waals surface area contributed by atoms with E-state index >= 15 is 0 Å². The van der Waals surface area contributed by atoms with E-state index in [2.05, 4.69) is 45.1 Å². The molecule has 2 aliphatic rings. The summed E-state index contributed by atoms with van der Waals surface area (Å²) in [7, 11) is 1.31. The lowest BCUT2D eigenvalue weighted by molar-refractivity contribution is 0.0593. The first-order valence-corrected chi connectivity index (χ1v) is 14.6. The Morgan fingerprint density at radius 2 is 1.89 bits per heavy atom. The summed E-state index contributed by atoms with van der Waals surface area (Å²) in [6.07, 6.45) is 5.35. The molecular weight excluding hydrogens is 572 g/mol. The molecule has 0 saturated carbocycles. The summed E-state index contributed by atoms with van der Waals surface area (Å²) in [6.45, 7) is 7.27. The lowest BCUT2D eigenvalue weighted by Gasteiger charge is -2.44. The molecular formula is C33H40N8O4. The van der Waals surface area contributed by atoms with E-state index in [4.69, 9.17) is 14.5 Å². The van der Waals surface area contributed by atoms with Crippen LogP contribution in [0.15, 0.2) is 65.9 Å². The van der Waals surface area contributed by atoms with E-state index in [9.17, 15) is 14.9 Å². The van der Waals surface area contributed by atoms with Crippen molar-refractivity contribution in [2.75, 3.05) is 38.2 Å². The molecule has 0 bridgehead atoms. The fourth-order valence-electron chi connectivity index (χ4n) is 5.53. The van der Waals surface area contributed by atoms with Gasteiger partial charge in [-0.3, -0.25) is 5.32 Å². The van der Waals surface area contributed by atoms with Crippen LogP contribution in [0.1, 0.15) is 48.5 Å². The second-order valence-corrected chi connectivity index (χ2v) is 11.0. The third-order valence-corrected chi connectivity index (χ3v) is 7.92. The standard InChI is InChI=1S/C32H36N8O4.CH4/c1-22(2)28-19-38(29-17-34-27(16-35-29)30(41)43-3)14-15-40(28)31(36-21-33)37-26-11-7-10-24-18-39(13-12-25(24)26)32(42)44-20-23-8-5-4-6-9-23;/h4-11,16-17,22,28H,12-15,18-20H2,1-3H3,(H,36,37);1H4/t28-;/m0./s1. The molecule has 1 fully saturated rings. The van der Waals surface area contributed by atoms with Gasteiger partial charge in [0.2, 0.25) is 5.96 Å². The number of piperazine rings is 1. The Morgan fingerprint density at radius 1 is 1.09 bits per heavy atom. The van der Waals surface area contributed by atoms with Crippen molar-refractivity contribution in [3.8, 4) is 6.19 Å². The number of hydrogen-bond acceptors (Lipinski definition) is 9. The average molecular weight is 613 g/mol. The summed E-state index contributed by atoms with van der Waals surface area (Å²) in [5.41, 5.74) is 3.92. The lowest BCUT2D eigenvalue weighted by atomic mass is 9.98. The first kappa shape index (κ1) is 32.7. The minimum Gasteiger partial charge on any atom is -0.464 e. The van der Waals surface area contributed by atoms with Crippen LogP contribution in [0, 0.1) is 17.4 Å². The van der Waals surface area contributed by atoms with E-state index in [1.54, 1.807) is 11.1 Å². The molecule has 2 aliphatic heterocycles. The Labute approximate surface area is 264 Å². The maximum Gasteiger partial charge on any atom is 0.410 e. The number of anilines is 1. The largest absolute Gasteiger partial charge is 0.464 e. The van der Waals surface area contributed by atoms with Crippen molar-refractivity contribution in [2.24, 2.45) is 10.9 Å². The molecule has 5 rings (SSSR count). The second-order valence-electron chi connectivity index (χ2n) is 11.0. The van der Waals surface area contributed by atoms with E-state index in [0.29, 0.717) is 50.9 Å². The fourth-order valence-corrected chi connectivity index (χ4v) is 5.53. The molecule has 2 aromatic carbocycles. The number of fused-ring (bicyclic) bond motifs is 1. The van der Waals surface area contributed by atoms with Gasteiger partial charge in [0.1, 0.15) is 12.4 Å². The van der Waals surface area contributed by atoms with Crippen LogP contribution in [-0.4, -0.2) is 77.1 Å². The summed E-state index contributed by atoms with van der Waals surface area (Å²) in [5.74, 6) is 0.844. The molecule has 0 spiro atoms. The van der Waals surface area contributed by atoms with Crippen LogP contribution in [0.3, 0.4) is 0 Å². The van der Waals surface area contributed by atoms with Gasteiger partial charge in [-0.15, -0.1) is 0 Å². The molecule has 3 heterocycles. The minimum atomic E-state index is -0.531. The summed E-state index contributed by atoms with van der Waals surface area (Å²) < 4.78 is 10.3. The summed E-state index contributed by atoms with van der Waals surface area (Å²) >= 11 is 0. The van der Waals surface area contributed by atoms with Gasteiger partial charge in [-0.2, -0.15) is 5.26 Å². The zero-order chi connectivity index (χ0) is 31.1. The minimum absolute atomic E-state index is 0. The first-order valence-electron chi connectivity index (χ1n) is 14.6. The fraction of sp³-hybridized carbons (Fsp3) is 0.394. The van der Waals surface area contributed by atoms with Gasteiger partial charge in [0, 0.05) is 32.7 Å². The summed E-state index contributed by atoms with van der Waals surface area (Å²) in [5, 5.41) is 12.5. The van der Waals surface area contributed by atoms with E-state index in [-0.39, 0.29) is 37.8 Å². The van der Waals surface area contributed by atoms with Crippen molar-refractivity contribution in [1.82, 2.24) is 25.1 Å². The normalized spacial score (nSPS) is 16.3. The lowest BCUT2D eigenvalue weighted by Crippen LogP contribution is -2.59. The number of nitriles is 1. The van der Waals surface area contributed by atoms with Crippen LogP contribution in [0.4, 0.5) is 16.3 Å². The predicted molar refractivity (Wildman–Crippen MR) is 171 cm³/mol. The number of amides is 1. The quantitative estimate of drug-likeness (QED) is 0.139. The van der Waals surface area contributed by atoms with Crippen molar-refractivity contribution in [1.29, 1.82) is 5.26 Å². The molecule has 1 atom stereocenters. The van der Waals surface area contributed by atoms with E-state index in [0.717, 1.165) is 22.4 Å². The van der Waals surface area contributed by atoms with Crippen LogP contribution in [0.5, 0.6) is 0 Å². The smallest absolute Gasteiger partial charge is 0.410 e. The monoisotopic (exact) mass is 612 g/mol. The maximum atomic E-state index is 12.8. The van der Waals surface area contributed by atoms with Crippen LogP contribution >= 0.6 is 0 Å². The Morgan fingerprint density at radius 3 is 2.58 bits per heavy atom. The van der Waals surface area contributed by atoms with Gasteiger partial charge in [0.05, 0.1) is 31.2 Å². The maximum absolute atomic E-state index is 12.8. The Bertz CT molecular complexity index is 1540. The van der Waals surface area contributed by atoms with Gasteiger partial charge in [-0.1, -0.05) is 63.7 Å². The highest BCUT2D eigenvalue weighted by Gasteiger charge is 2.33. The van der Waals surface area contributed by atoms with Crippen molar-refractivity contribution < 1.29 is 19.1 Å². The van der Waals surface area contributed by atoms with Crippen LogP contribution in [-0.2, 0) is 29.0 Å². The van der Waals surface area contributed by atoms with Crippen molar-refractivity contribution >= 4 is 29.5 Å². The van der Waals surface area contributed by atoms with Gasteiger partial charge in [0.15, 0.2) is 11.9 Å². The van der Waals surface area contributed by atoms with Gasteiger partial charge in [-0.25, -0.2) is 24.5 Å². The number of nitrogens with one attached hydrogen (secondary N) is 1. The molecule has 45 heavy (non-hydrogen) atoms. The topological polar surface area (TPSA) is 136 Å². The number of aliphatic imine (C=N–C) groups is 1. The second kappa shape index (κ2) is 15.0. The molecule has 1 saturated heterocycles. The predicted octanol–water partition coefficient (Wildman–Crippen LogP) is 4.50. The number of benzene rings is 2. The highest BCUT2D eigenvalue weighted by Crippen LogP contribution is 2.30. The Kier molecular flexibility index (Phi) is 10.9. The number of ether oxygens (including phenoxy) is 2. The van der Waals surface area contributed by atoms with Crippen LogP contribution in [0.2, 0.25) is 0 Å². The average Bonchev–Trinajstić information content (AvgIpc) is 3.06. The third-order valence-electron chi connectivity index (χ3n) is 7.92. The van der Waals surface area contributed by atoms with Gasteiger partial charge >= 0.3 is 12.1 Å². The highest BCUT2D eigenvalue weighted by molar-refractivity contribution is 5.87. The number of rotatable bonds is 6. The SMILES string of the molecule is C.COC(=O)c1cnc(N2CCN(C(=Nc3cccc4c3CCN(C(=O)OCc3ccccc3)C4)NC#N)[C@H](C(C)C)C2)cn1. The molecule has 12 nitrogen and oxygen atoms in total. The molecule has 236 valence electrons. The van der Waals surface area contributed by atoms with Gasteiger partial charge < -0.3 is 24.2 Å². The van der Waals surface area contributed by atoms with Gasteiger partial charge in [0.25, 0.3) is 0 Å². The number of nitrogens with zero attached hydrogens (tertiary/aromatic N) is 7. The number of methoxy groups -OCH3 is 1. The zero-order valence-corrected chi connectivity index (χ0v) is 25.1. The molecule has 12 heteroatoms. The molecule has 3 aromatic rings. The van der Waals surface area contributed by atoms with Crippen molar-refractivity contribution in [3.05, 3.63) is 83.3 Å². The number of carbonyl (C=O) groups is 2. The number of esters is 1. The molecule has 1 amide bonds. The van der Waals surface area contributed by atoms with E-state index < -0.39 is 5.97 Å². The molecule has 0 radical (unpaired) electrons. The number of carbonyl (C=O) groups excluding carboxylic acids is 2. The zero-order valence-electron chi connectivity index (χ0n) is 25.1. The van der Waals surface area contributed by atoms with E-state index in [1.807, 2.05) is 48.5 Å². The van der Waals surface area contributed by atoms with E-state index in [1.165, 1.54) is 13.3 Å². The molecule has 1 N–H and O–H groups in total. The Balaban J connectivity index is 0.00000461. The van der Waals surface area contributed by atoms with Gasteiger partial charge in [-0.05, 0) is 35.1 Å². The first-order chi connectivity index (χ1) is 21.4. The van der Waals surface area contributed by atoms with Crippen LogP contribution < -0.4 is 10.2 Å².